The summed E-state index contributed by atoms with van der Waals surface area (Å²) in [5.74, 6) is -6.27. The summed E-state index contributed by atoms with van der Waals surface area (Å²) in [6.45, 7) is -0.832. The molecular weight excluding hydrogens is 169 g/mol. The van der Waals surface area contributed by atoms with Gasteiger partial charge in [0.15, 0.2) is 0 Å². The lowest BCUT2D eigenvalue weighted by atomic mass is 9.87. The standard InChI is InChI=1S/C7H7F3N2/c8-6(9)4-11-12-7(6,10)5-2-1-3-5/h2H,1,3-4H2. The van der Waals surface area contributed by atoms with Crippen molar-refractivity contribution in [3.63, 3.8) is 0 Å². The number of rotatable bonds is 1. The van der Waals surface area contributed by atoms with Crippen molar-refractivity contribution in [2.24, 2.45) is 10.2 Å². The van der Waals surface area contributed by atoms with Crippen LogP contribution in [0.4, 0.5) is 13.2 Å². The zero-order valence-electron chi connectivity index (χ0n) is 6.23. The first-order valence-electron chi connectivity index (χ1n) is 3.71. The van der Waals surface area contributed by atoms with E-state index in [2.05, 4.69) is 10.2 Å². The van der Waals surface area contributed by atoms with Crippen LogP contribution in [0.5, 0.6) is 0 Å². The van der Waals surface area contributed by atoms with Crippen molar-refractivity contribution >= 4 is 0 Å². The minimum atomic E-state index is -3.45. The molecule has 66 valence electrons. The fourth-order valence-electron chi connectivity index (χ4n) is 1.29. The Morgan fingerprint density at radius 3 is 2.33 bits per heavy atom. The van der Waals surface area contributed by atoms with Crippen LogP contribution in [0.15, 0.2) is 21.9 Å². The van der Waals surface area contributed by atoms with E-state index in [0.717, 1.165) is 0 Å². The predicted molar refractivity (Wildman–Crippen MR) is 35.8 cm³/mol. The van der Waals surface area contributed by atoms with Crippen LogP contribution < -0.4 is 0 Å². The second kappa shape index (κ2) is 2.08. The first-order valence-corrected chi connectivity index (χ1v) is 3.71. The highest BCUT2D eigenvalue weighted by atomic mass is 19.3. The molecule has 0 bridgehead atoms. The minimum absolute atomic E-state index is 0.0775. The third-order valence-electron chi connectivity index (χ3n) is 2.19. The number of nitrogens with zero attached hydrogens (tertiary/aromatic N) is 2. The van der Waals surface area contributed by atoms with Gasteiger partial charge in [0, 0.05) is 0 Å². The molecule has 0 amide bonds. The molecule has 5 heteroatoms. The van der Waals surface area contributed by atoms with E-state index < -0.39 is 18.3 Å². The molecule has 2 aliphatic rings. The van der Waals surface area contributed by atoms with E-state index in [1.165, 1.54) is 6.08 Å². The van der Waals surface area contributed by atoms with Gasteiger partial charge >= 0.3 is 11.7 Å². The zero-order chi connectivity index (χ0) is 8.82. The van der Waals surface area contributed by atoms with Crippen LogP contribution in [0.3, 0.4) is 0 Å². The minimum Gasteiger partial charge on any atom is -0.204 e. The van der Waals surface area contributed by atoms with E-state index >= 15 is 0 Å². The third kappa shape index (κ3) is 0.763. The highest BCUT2D eigenvalue weighted by Crippen LogP contribution is 2.48. The van der Waals surface area contributed by atoms with E-state index in [-0.39, 0.29) is 5.57 Å². The molecule has 0 spiro atoms. The summed E-state index contributed by atoms with van der Waals surface area (Å²) in [5.41, 5.74) is 0.0775. The number of alkyl halides is 3. The van der Waals surface area contributed by atoms with Crippen molar-refractivity contribution in [3.8, 4) is 0 Å². The smallest absolute Gasteiger partial charge is 0.204 e. The Morgan fingerprint density at radius 2 is 2.00 bits per heavy atom. The Labute approximate surface area is 67.2 Å². The molecule has 0 aromatic heterocycles. The normalized spacial score (nSPS) is 37.8. The lowest BCUT2D eigenvalue weighted by Gasteiger charge is -2.29. The summed E-state index contributed by atoms with van der Waals surface area (Å²) in [5, 5.41) is 6.03. The predicted octanol–water partition coefficient (Wildman–Crippen LogP) is 2.47. The Bertz CT molecular complexity index is 272. The van der Waals surface area contributed by atoms with Crippen molar-refractivity contribution in [2.75, 3.05) is 6.54 Å². The van der Waals surface area contributed by atoms with Gasteiger partial charge in [0.25, 0.3) is 0 Å². The molecular formula is C7H7F3N2. The second-order valence-electron chi connectivity index (χ2n) is 2.99. The van der Waals surface area contributed by atoms with Crippen LogP contribution in [0.1, 0.15) is 12.8 Å². The van der Waals surface area contributed by atoms with Crippen molar-refractivity contribution < 1.29 is 13.2 Å². The van der Waals surface area contributed by atoms with Gasteiger partial charge in [-0.15, -0.1) is 5.11 Å². The third-order valence-corrected chi connectivity index (χ3v) is 2.19. The highest BCUT2D eigenvalue weighted by molar-refractivity contribution is 5.28. The molecule has 1 heterocycles. The summed E-state index contributed by atoms with van der Waals surface area (Å²) >= 11 is 0. The molecule has 1 aliphatic carbocycles. The number of allylic oxidation sites excluding steroid dienone is 1. The quantitative estimate of drug-likeness (QED) is 0.433. The van der Waals surface area contributed by atoms with Crippen LogP contribution in [0, 0.1) is 0 Å². The van der Waals surface area contributed by atoms with E-state index in [1.54, 1.807) is 0 Å². The molecule has 2 rings (SSSR count). The Hall–Kier alpha value is -0.870. The summed E-state index contributed by atoms with van der Waals surface area (Å²) in [6, 6.07) is 0. The Kier molecular flexibility index (Phi) is 1.35. The molecule has 0 saturated heterocycles. The van der Waals surface area contributed by atoms with Gasteiger partial charge in [-0.3, -0.25) is 0 Å². The molecule has 1 aliphatic heterocycles. The average molecular weight is 176 g/mol. The molecule has 12 heavy (non-hydrogen) atoms. The maximum atomic E-state index is 13.5. The summed E-state index contributed by atoms with van der Waals surface area (Å²) in [6.07, 6.45) is 2.48. The average Bonchev–Trinajstić information content (AvgIpc) is 2.03. The number of hydrogen-bond acceptors (Lipinski definition) is 2. The molecule has 0 fully saturated rings. The van der Waals surface area contributed by atoms with Gasteiger partial charge in [-0.2, -0.15) is 13.9 Å². The molecule has 0 saturated carbocycles. The zero-order valence-corrected chi connectivity index (χ0v) is 6.23. The van der Waals surface area contributed by atoms with Gasteiger partial charge in [0.1, 0.15) is 6.54 Å². The van der Waals surface area contributed by atoms with Gasteiger partial charge < -0.3 is 0 Å². The van der Waals surface area contributed by atoms with Crippen LogP contribution in [0.25, 0.3) is 0 Å². The summed E-state index contributed by atoms with van der Waals surface area (Å²) in [4.78, 5) is 0. The molecule has 0 N–H and O–H groups in total. The molecule has 0 aromatic rings. The maximum absolute atomic E-state index is 13.5. The van der Waals surface area contributed by atoms with Crippen LogP contribution in [0.2, 0.25) is 0 Å². The fourth-order valence-corrected chi connectivity index (χ4v) is 1.29. The Morgan fingerprint density at radius 1 is 1.33 bits per heavy atom. The van der Waals surface area contributed by atoms with Crippen molar-refractivity contribution in [3.05, 3.63) is 11.6 Å². The first kappa shape index (κ1) is 7.76. The van der Waals surface area contributed by atoms with Crippen molar-refractivity contribution in [2.45, 2.75) is 24.6 Å². The number of halogens is 3. The first-order chi connectivity index (χ1) is 5.56. The van der Waals surface area contributed by atoms with Crippen LogP contribution in [-0.4, -0.2) is 18.3 Å². The monoisotopic (exact) mass is 176 g/mol. The van der Waals surface area contributed by atoms with Gasteiger partial charge in [-0.1, -0.05) is 6.08 Å². The summed E-state index contributed by atoms with van der Waals surface area (Å²) in [7, 11) is 0. The van der Waals surface area contributed by atoms with Gasteiger partial charge in [0.2, 0.25) is 0 Å². The Balaban J connectivity index is 2.35. The lowest BCUT2D eigenvalue weighted by Crippen LogP contribution is -2.44. The molecule has 0 radical (unpaired) electrons. The van der Waals surface area contributed by atoms with Gasteiger partial charge in [-0.25, -0.2) is 4.39 Å². The topological polar surface area (TPSA) is 24.7 Å². The second-order valence-corrected chi connectivity index (χ2v) is 2.99. The molecule has 1 atom stereocenters. The van der Waals surface area contributed by atoms with Gasteiger partial charge in [-0.05, 0) is 18.4 Å². The maximum Gasteiger partial charge on any atom is 0.327 e. The SMILES string of the molecule is FC1(F)CN=NC1(F)C1=CCC1. The largest absolute Gasteiger partial charge is 0.327 e. The number of hydrogen-bond donors (Lipinski definition) is 0. The molecule has 0 aromatic carbocycles. The van der Waals surface area contributed by atoms with Crippen LogP contribution >= 0.6 is 0 Å². The van der Waals surface area contributed by atoms with Crippen molar-refractivity contribution in [1.29, 1.82) is 0 Å². The van der Waals surface area contributed by atoms with E-state index in [0.29, 0.717) is 12.8 Å². The number of azo groups is 1. The molecule has 1 unspecified atom stereocenters. The lowest BCUT2D eigenvalue weighted by molar-refractivity contribution is -0.0920. The fraction of sp³-hybridized carbons (Fsp3) is 0.714. The van der Waals surface area contributed by atoms with E-state index in [1.807, 2.05) is 0 Å². The van der Waals surface area contributed by atoms with E-state index in [9.17, 15) is 13.2 Å². The van der Waals surface area contributed by atoms with Crippen molar-refractivity contribution in [1.82, 2.24) is 0 Å². The summed E-state index contributed by atoms with van der Waals surface area (Å²) < 4.78 is 39.2. The van der Waals surface area contributed by atoms with Gasteiger partial charge in [0.05, 0.1) is 0 Å². The van der Waals surface area contributed by atoms with E-state index in [4.69, 9.17) is 0 Å². The molecule has 2 nitrogen and oxygen atoms in total. The highest BCUT2D eigenvalue weighted by Gasteiger charge is 2.61. The van der Waals surface area contributed by atoms with Crippen LogP contribution in [-0.2, 0) is 0 Å².